The molecule has 5 N–H and O–H groups in total. The van der Waals surface area contributed by atoms with Crippen LogP contribution in [-0.4, -0.2) is 56.3 Å². The first-order chi connectivity index (χ1) is 22.5. The van der Waals surface area contributed by atoms with Gasteiger partial charge in [0.25, 0.3) is 5.91 Å². The number of hydrogen-bond acceptors (Lipinski definition) is 5. The smallest absolute Gasteiger partial charge is 0.303 e. The summed E-state index contributed by atoms with van der Waals surface area (Å²) in [5.41, 5.74) is 12.4. The molecule has 0 aliphatic heterocycles. The van der Waals surface area contributed by atoms with Crippen molar-refractivity contribution in [2.75, 3.05) is 6.54 Å². The highest BCUT2D eigenvalue weighted by Crippen LogP contribution is 2.31. The van der Waals surface area contributed by atoms with Gasteiger partial charge in [-0.1, -0.05) is 107 Å². The Labute approximate surface area is 283 Å². The summed E-state index contributed by atoms with van der Waals surface area (Å²) in [7, 11) is 0. The summed E-state index contributed by atoms with van der Waals surface area (Å²) in [6.07, 6.45) is 9.94. The zero-order chi connectivity index (χ0) is 34.4. The highest BCUT2D eigenvalue weighted by molar-refractivity contribution is 6.31. The van der Waals surface area contributed by atoms with E-state index in [1.165, 1.54) is 19.3 Å². The van der Waals surface area contributed by atoms with Crippen LogP contribution in [0.3, 0.4) is 0 Å². The molecule has 0 bridgehead atoms. The minimum atomic E-state index is -2.06. The molecule has 0 unspecified atom stereocenters. The van der Waals surface area contributed by atoms with E-state index >= 15 is 0 Å². The number of fused-ring (bicyclic) bond motifs is 1. The molecule has 0 aliphatic carbocycles. The number of para-hydroxylation sites is 1. The first kappa shape index (κ1) is 37.8. The van der Waals surface area contributed by atoms with Gasteiger partial charge in [-0.3, -0.25) is 19.2 Å². The van der Waals surface area contributed by atoms with Crippen LogP contribution < -0.4 is 11.5 Å². The number of rotatable bonds is 22. The Bertz CT molecular complexity index is 1500. The van der Waals surface area contributed by atoms with Crippen LogP contribution in [0.4, 0.5) is 0 Å². The molecule has 10 heteroatoms. The maximum atomic E-state index is 14.6. The van der Waals surface area contributed by atoms with E-state index < -0.39 is 35.1 Å². The molecule has 0 saturated carbocycles. The number of aliphatic carboxylic acids is 1. The number of primary amides is 1. The predicted molar refractivity (Wildman–Crippen MR) is 187 cm³/mol. The van der Waals surface area contributed by atoms with E-state index in [0.717, 1.165) is 36.8 Å². The Morgan fingerprint density at radius 3 is 2.23 bits per heavy atom. The van der Waals surface area contributed by atoms with Gasteiger partial charge < -0.3 is 26.0 Å². The lowest BCUT2D eigenvalue weighted by molar-refractivity contribution is -0.140. The van der Waals surface area contributed by atoms with Gasteiger partial charge in [0, 0.05) is 59.7 Å². The van der Waals surface area contributed by atoms with E-state index in [1.54, 1.807) is 17.2 Å². The molecule has 0 radical (unpaired) electrons. The third-order valence-corrected chi connectivity index (χ3v) is 9.19. The van der Waals surface area contributed by atoms with Crippen molar-refractivity contribution in [2.45, 2.75) is 115 Å². The summed E-state index contributed by atoms with van der Waals surface area (Å²) >= 11 is 6.46. The minimum Gasteiger partial charge on any atom is -0.481 e. The van der Waals surface area contributed by atoms with Crippen LogP contribution in [0, 0.1) is 0 Å². The summed E-state index contributed by atoms with van der Waals surface area (Å²) in [6, 6.07) is 14.3. The maximum absolute atomic E-state index is 14.6. The van der Waals surface area contributed by atoms with Crippen molar-refractivity contribution in [3.05, 3.63) is 70.9 Å². The molecule has 3 rings (SSSR count). The number of Topliss-reactive ketones (excluding diaryl/α,β-unsaturated/α-hetero) is 1. The Hall–Kier alpha value is -3.69. The van der Waals surface area contributed by atoms with Gasteiger partial charge in [-0.2, -0.15) is 0 Å². The van der Waals surface area contributed by atoms with Crippen molar-refractivity contribution in [1.82, 2.24) is 9.47 Å². The third kappa shape index (κ3) is 10.4. The van der Waals surface area contributed by atoms with E-state index in [2.05, 4.69) is 6.92 Å². The van der Waals surface area contributed by atoms with Crippen molar-refractivity contribution >= 4 is 46.1 Å². The molecule has 47 heavy (non-hydrogen) atoms. The maximum Gasteiger partial charge on any atom is 0.303 e. The molecular weight excluding hydrogens is 616 g/mol. The number of aromatic nitrogens is 1. The fourth-order valence-corrected chi connectivity index (χ4v) is 6.53. The number of nitrogens with two attached hydrogens (primary N) is 2. The number of carboxylic acid groups (broad SMARTS) is 1. The largest absolute Gasteiger partial charge is 0.481 e. The van der Waals surface area contributed by atoms with Crippen LogP contribution in [0.2, 0.25) is 5.02 Å². The van der Waals surface area contributed by atoms with Crippen LogP contribution >= 0.6 is 11.6 Å². The van der Waals surface area contributed by atoms with Crippen LogP contribution in [-0.2, 0) is 20.9 Å². The lowest BCUT2D eigenvalue weighted by Crippen LogP contribution is -2.62. The number of amides is 2. The highest BCUT2D eigenvalue weighted by Gasteiger charge is 2.46. The summed E-state index contributed by atoms with van der Waals surface area (Å²) < 4.78 is 1.91. The molecule has 1 heterocycles. The summed E-state index contributed by atoms with van der Waals surface area (Å²) in [6.45, 7) is 4.77. The third-order valence-electron chi connectivity index (χ3n) is 8.82. The SMILES string of the molecule is CCCCCCCCC[C@@H](CC(N)=O)N(CCC)C(=O)[C@](N)(CCCC(=O)O)C(=O)c1cn(Cc2ccccc2Cl)c2ccccc12. The van der Waals surface area contributed by atoms with Crippen molar-refractivity contribution in [3.8, 4) is 0 Å². The number of carbonyl (C=O) groups excluding carboxylic acids is 3. The molecule has 3 aromatic rings. The van der Waals surface area contributed by atoms with Crippen LogP contribution in [0.15, 0.2) is 54.7 Å². The lowest BCUT2D eigenvalue weighted by Gasteiger charge is -2.38. The van der Waals surface area contributed by atoms with Gasteiger partial charge in [0.1, 0.15) is 0 Å². The number of halogens is 1. The molecule has 0 fully saturated rings. The summed E-state index contributed by atoms with van der Waals surface area (Å²) in [5.74, 6) is -2.77. The Morgan fingerprint density at radius 1 is 0.915 bits per heavy atom. The van der Waals surface area contributed by atoms with E-state index in [1.807, 2.05) is 54.0 Å². The second-order valence-corrected chi connectivity index (χ2v) is 13.0. The van der Waals surface area contributed by atoms with Gasteiger partial charge >= 0.3 is 5.97 Å². The number of hydrogen-bond donors (Lipinski definition) is 3. The first-order valence-electron chi connectivity index (χ1n) is 17.0. The minimum absolute atomic E-state index is 0.0276. The Kier molecular flexibility index (Phi) is 14.9. The molecule has 0 spiro atoms. The molecule has 1 aromatic heterocycles. The standard InChI is InChI=1S/C37H51ClN4O5/c1-3-5-6-7-8-9-10-17-28(24-33(39)43)42(23-4-2)36(47)37(40,22-15-21-34(44)45)35(46)30-26-41(32-20-14-12-18-29(30)32)25-27-16-11-13-19-31(27)38/h11-14,16,18-20,26,28H,3-10,15,17,21-25,40H2,1-2H3,(H2,39,43)(H,44,45)/t28-,37-/m0/s1. The quantitative estimate of drug-likeness (QED) is 0.0592. The average Bonchev–Trinajstić information content (AvgIpc) is 3.40. The molecule has 9 nitrogen and oxygen atoms in total. The first-order valence-corrected chi connectivity index (χ1v) is 17.4. The van der Waals surface area contributed by atoms with Gasteiger partial charge in [0.05, 0.1) is 0 Å². The molecule has 2 aromatic carbocycles. The van der Waals surface area contributed by atoms with Crippen molar-refractivity contribution in [2.24, 2.45) is 11.5 Å². The van der Waals surface area contributed by atoms with E-state index in [-0.39, 0.29) is 37.8 Å². The predicted octanol–water partition coefficient (Wildman–Crippen LogP) is 7.10. The number of nitrogens with zero attached hydrogens (tertiary/aromatic N) is 2. The topological polar surface area (TPSA) is 149 Å². The van der Waals surface area contributed by atoms with E-state index in [0.29, 0.717) is 29.8 Å². The average molecular weight is 667 g/mol. The van der Waals surface area contributed by atoms with Crippen molar-refractivity contribution in [3.63, 3.8) is 0 Å². The number of ketones is 1. The molecular formula is C37H51ClN4O5. The normalized spacial score (nSPS) is 13.3. The summed E-state index contributed by atoms with van der Waals surface area (Å²) in [5, 5.41) is 10.6. The molecule has 256 valence electrons. The monoisotopic (exact) mass is 666 g/mol. The zero-order valence-electron chi connectivity index (χ0n) is 27.9. The highest BCUT2D eigenvalue weighted by atomic mass is 35.5. The molecule has 2 amide bonds. The van der Waals surface area contributed by atoms with E-state index in [9.17, 15) is 24.3 Å². The van der Waals surface area contributed by atoms with Gasteiger partial charge in [0.2, 0.25) is 5.91 Å². The van der Waals surface area contributed by atoms with Gasteiger partial charge in [0.15, 0.2) is 11.3 Å². The van der Waals surface area contributed by atoms with Crippen LogP contribution in [0.5, 0.6) is 0 Å². The Balaban J connectivity index is 2.00. The number of unbranched alkanes of at least 4 members (excludes halogenated alkanes) is 6. The van der Waals surface area contributed by atoms with Crippen molar-refractivity contribution in [1.29, 1.82) is 0 Å². The molecule has 0 saturated heterocycles. The second kappa shape index (κ2) is 18.6. The van der Waals surface area contributed by atoms with Gasteiger partial charge in [-0.25, -0.2) is 0 Å². The van der Waals surface area contributed by atoms with Gasteiger partial charge in [-0.15, -0.1) is 0 Å². The fraction of sp³-hybridized carbons (Fsp3) is 0.514. The fourth-order valence-electron chi connectivity index (χ4n) is 6.33. The number of carbonyl (C=O) groups is 4. The van der Waals surface area contributed by atoms with E-state index in [4.69, 9.17) is 23.1 Å². The molecule has 2 atom stereocenters. The number of benzene rings is 2. The molecule has 0 aliphatic rings. The second-order valence-electron chi connectivity index (χ2n) is 12.6. The summed E-state index contributed by atoms with van der Waals surface area (Å²) in [4.78, 5) is 54.5. The van der Waals surface area contributed by atoms with Crippen LogP contribution in [0.1, 0.15) is 113 Å². The Morgan fingerprint density at radius 2 is 1.57 bits per heavy atom. The number of carboxylic acids is 1. The van der Waals surface area contributed by atoms with Crippen LogP contribution in [0.25, 0.3) is 10.9 Å². The van der Waals surface area contributed by atoms with Crippen molar-refractivity contribution < 1.29 is 24.3 Å². The lowest BCUT2D eigenvalue weighted by atomic mass is 9.83. The van der Waals surface area contributed by atoms with Gasteiger partial charge in [-0.05, 0) is 43.4 Å². The zero-order valence-corrected chi connectivity index (χ0v) is 28.6.